The standard InChI is InChI=1S/C61H119N2O7P/c1-7-10-13-16-19-22-25-28-30-31-32-33-34-36-39-42-45-48-51-54-61(65)70-59(52-49-46-43-40-37-27-24-21-18-15-12-9-3)58(57-69-71(66,67)68-56-55-63(4,5)6)62-60(64)53-50-47-44-41-38-35-29-26-23-20-17-14-11-8-2/h35,38,49,52,58-59H,7-34,36-37,39-48,50-51,53-57H2,1-6H3,(H-,62,64,66,67)/p+1/b38-35-,52-49+. The van der Waals surface area contributed by atoms with Crippen LogP contribution in [-0.2, 0) is 27.9 Å². The number of nitrogens with zero attached hydrogens (tertiary/aromatic N) is 1. The van der Waals surface area contributed by atoms with Crippen molar-refractivity contribution in [3.8, 4) is 0 Å². The van der Waals surface area contributed by atoms with Gasteiger partial charge in [0.1, 0.15) is 19.3 Å². The third-order valence-corrected chi connectivity index (χ3v) is 14.9. The van der Waals surface area contributed by atoms with Crippen LogP contribution in [0.25, 0.3) is 0 Å². The number of unbranched alkanes of at least 4 members (excludes halogenated alkanes) is 38. The van der Waals surface area contributed by atoms with Gasteiger partial charge in [-0.05, 0) is 57.4 Å². The number of esters is 1. The molecule has 0 aromatic carbocycles. The molecule has 3 unspecified atom stereocenters. The van der Waals surface area contributed by atoms with Gasteiger partial charge >= 0.3 is 13.8 Å². The summed E-state index contributed by atoms with van der Waals surface area (Å²) < 4.78 is 30.7. The number of nitrogens with one attached hydrogen (secondary N) is 1. The number of hydrogen-bond acceptors (Lipinski definition) is 6. The van der Waals surface area contributed by atoms with Crippen LogP contribution in [0.15, 0.2) is 24.3 Å². The van der Waals surface area contributed by atoms with Crippen LogP contribution in [-0.4, -0.2) is 74.3 Å². The van der Waals surface area contributed by atoms with E-state index < -0.39 is 20.0 Å². The molecule has 0 radical (unpaired) electrons. The van der Waals surface area contributed by atoms with E-state index in [0.29, 0.717) is 23.9 Å². The van der Waals surface area contributed by atoms with Gasteiger partial charge in [0.25, 0.3) is 0 Å². The highest BCUT2D eigenvalue weighted by Crippen LogP contribution is 2.43. The molecule has 71 heavy (non-hydrogen) atoms. The summed E-state index contributed by atoms with van der Waals surface area (Å²) in [5, 5.41) is 3.05. The van der Waals surface area contributed by atoms with Crippen LogP contribution >= 0.6 is 7.82 Å². The number of rotatable bonds is 56. The van der Waals surface area contributed by atoms with E-state index in [9.17, 15) is 19.0 Å². The Balaban J connectivity index is 5.24. The van der Waals surface area contributed by atoms with Crippen molar-refractivity contribution in [1.29, 1.82) is 0 Å². The van der Waals surface area contributed by atoms with E-state index in [1.54, 1.807) is 0 Å². The number of phosphoric acid groups is 1. The average Bonchev–Trinajstić information content (AvgIpc) is 3.33. The van der Waals surface area contributed by atoms with E-state index in [4.69, 9.17) is 13.8 Å². The predicted molar refractivity (Wildman–Crippen MR) is 305 cm³/mol. The predicted octanol–water partition coefficient (Wildman–Crippen LogP) is 18.6. The zero-order chi connectivity index (χ0) is 52.2. The lowest BCUT2D eigenvalue weighted by Crippen LogP contribution is -2.47. The van der Waals surface area contributed by atoms with Crippen LogP contribution in [0.5, 0.6) is 0 Å². The maximum absolute atomic E-state index is 13.5. The van der Waals surface area contributed by atoms with Crippen molar-refractivity contribution in [2.75, 3.05) is 40.9 Å². The number of carbonyl (C=O) groups excluding carboxylic acids is 2. The van der Waals surface area contributed by atoms with Gasteiger partial charge in [0.2, 0.25) is 5.91 Å². The van der Waals surface area contributed by atoms with Gasteiger partial charge in [-0.15, -0.1) is 0 Å². The van der Waals surface area contributed by atoms with Crippen molar-refractivity contribution < 1.29 is 37.3 Å². The van der Waals surface area contributed by atoms with Crippen LogP contribution in [0, 0.1) is 0 Å². The molecule has 0 aliphatic carbocycles. The average molecular weight is 1020 g/mol. The molecule has 10 heteroatoms. The summed E-state index contributed by atoms with van der Waals surface area (Å²) in [7, 11) is 1.50. The van der Waals surface area contributed by atoms with Crippen LogP contribution < -0.4 is 5.32 Å². The topological polar surface area (TPSA) is 111 Å². The molecule has 0 aromatic heterocycles. The van der Waals surface area contributed by atoms with Gasteiger partial charge in [0, 0.05) is 12.8 Å². The molecule has 0 fully saturated rings. The molecule has 0 heterocycles. The smallest absolute Gasteiger partial charge is 0.456 e. The van der Waals surface area contributed by atoms with Gasteiger partial charge in [-0.1, -0.05) is 257 Å². The second kappa shape index (κ2) is 52.0. The minimum Gasteiger partial charge on any atom is -0.456 e. The first kappa shape index (κ1) is 69.5. The molecule has 0 aliphatic rings. The van der Waals surface area contributed by atoms with Crippen LogP contribution in [0.1, 0.15) is 303 Å². The van der Waals surface area contributed by atoms with Gasteiger partial charge in [-0.25, -0.2) is 4.57 Å². The molecule has 0 aromatic rings. The molecular weight excluding hydrogens is 904 g/mol. The lowest BCUT2D eigenvalue weighted by Gasteiger charge is -2.27. The normalized spacial score (nSPS) is 13.8. The fourth-order valence-corrected chi connectivity index (χ4v) is 9.85. The Bertz CT molecular complexity index is 1270. The third kappa shape index (κ3) is 53.1. The van der Waals surface area contributed by atoms with Crippen LogP contribution in [0.2, 0.25) is 0 Å². The van der Waals surface area contributed by atoms with E-state index in [0.717, 1.165) is 70.6 Å². The Labute approximate surface area is 441 Å². The summed E-state index contributed by atoms with van der Waals surface area (Å²) in [6, 6.07) is -0.849. The van der Waals surface area contributed by atoms with E-state index in [1.807, 2.05) is 33.3 Å². The highest BCUT2D eigenvalue weighted by Gasteiger charge is 2.30. The molecule has 0 saturated heterocycles. The minimum atomic E-state index is -4.44. The maximum Gasteiger partial charge on any atom is 0.472 e. The number of allylic oxidation sites excluding steroid dienone is 3. The fourth-order valence-electron chi connectivity index (χ4n) is 9.11. The minimum absolute atomic E-state index is 0.0409. The second-order valence-corrected chi connectivity index (χ2v) is 23.7. The molecule has 0 aliphatic heterocycles. The Hall–Kier alpha value is -1.51. The van der Waals surface area contributed by atoms with Gasteiger partial charge in [-0.3, -0.25) is 18.6 Å². The number of carbonyl (C=O) groups is 2. The summed E-state index contributed by atoms with van der Waals surface area (Å²) in [4.78, 5) is 37.6. The molecule has 3 atom stereocenters. The molecule has 0 spiro atoms. The number of quaternary nitrogens is 1. The lowest BCUT2D eigenvalue weighted by molar-refractivity contribution is -0.870. The first-order chi connectivity index (χ1) is 34.4. The Morgan fingerprint density at radius 2 is 0.817 bits per heavy atom. The summed E-state index contributed by atoms with van der Waals surface area (Å²) in [6.07, 6.45) is 60.3. The summed E-state index contributed by atoms with van der Waals surface area (Å²) in [5.74, 6) is -0.508. The zero-order valence-electron chi connectivity index (χ0n) is 48.0. The van der Waals surface area contributed by atoms with Crippen LogP contribution in [0.3, 0.4) is 0 Å². The number of likely N-dealkylation sites (N-methyl/N-ethyl adjacent to an activating group) is 1. The lowest BCUT2D eigenvalue weighted by atomic mass is 10.0. The summed E-state index contributed by atoms with van der Waals surface area (Å²) in [5.41, 5.74) is 0. The molecule has 2 N–H and O–H groups in total. The number of ether oxygens (including phenoxy) is 1. The van der Waals surface area contributed by atoms with E-state index in [1.165, 1.54) is 199 Å². The van der Waals surface area contributed by atoms with Crippen molar-refractivity contribution >= 4 is 19.7 Å². The number of amides is 1. The van der Waals surface area contributed by atoms with E-state index in [-0.39, 0.29) is 25.1 Å². The third-order valence-electron chi connectivity index (χ3n) is 13.9. The van der Waals surface area contributed by atoms with Gasteiger partial charge < -0.3 is 19.4 Å². The maximum atomic E-state index is 13.5. The van der Waals surface area contributed by atoms with Gasteiger partial charge in [0.15, 0.2) is 0 Å². The molecule has 0 bridgehead atoms. The monoisotopic (exact) mass is 1020 g/mol. The highest BCUT2D eigenvalue weighted by molar-refractivity contribution is 7.47. The Kier molecular flexibility index (Phi) is 50.8. The number of phosphoric ester groups is 1. The largest absolute Gasteiger partial charge is 0.472 e. The Morgan fingerprint density at radius 3 is 1.21 bits per heavy atom. The molecule has 9 nitrogen and oxygen atoms in total. The summed E-state index contributed by atoms with van der Waals surface area (Å²) in [6.45, 7) is 7.03. The molecule has 0 rings (SSSR count). The molecule has 1 amide bonds. The number of hydrogen-bond donors (Lipinski definition) is 2. The molecule has 420 valence electrons. The summed E-state index contributed by atoms with van der Waals surface area (Å²) >= 11 is 0. The van der Waals surface area contributed by atoms with Gasteiger partial charge in [-0.2, -0.15) is 0 Å². The Morgan fingerprint density at radius 1 is 0.479 bits per heavy atom. The van der Waals surface area contributed by atoms with Gasteiger partial charge in [0.05, 0.1) is 33.8 Å². The van der Waals surface area contributed by atoms with Crippen molar-refractivity contribution in [3.63, 3.8) is 0 Å². The quantitative estimate of drug-likeness (QED) is 0.0205. The first-order valence-electron chi connectivity index (χ1n) is 30.7. The first-order valence-corrected chi connectivity index (χ1v) is 32.2. The van der Waals surface area contributed by atoms with Crippen molar-refractivity contribution in [1.82, 2.24) is 5.32 Å². The highest BCUT2D eigenvalue weighted by atomic mass is 31.2. The molecule has 0 saturated carbocycles. The van der Waals surface area contributed by atoms with Crippen LogP contribution in [0.4, 0.5) is 0 Å². The SMILES string of the molecule is CCCCCCCCC/C=C\CCCCCC(=O)NC(COP(=O)(O)OCC[N+](C)(C)C)C(/C=C/CCCCCCCCCCCC)OC(=O)CCCCCCCCCCCCCCCCCCCCC. The molecular formula is C61H120N2O7P+. The van der Waals surface area contributed by atoms with Crippen molar-refractivity contribution in [3.05, 3.63) is 24.3 Å². The van der Waals surface area contributed by atoms with Crippen molar-refractivity contribution in [2.45, 2.75) is 315 Å². The second-order valence-electron chi connectivity index (χ2n) is 22.2. The van der Waals surface area contributed by atoms with E-state index in [2.05, 4.69) is 38.2 Å². The zero-order valence-corrected chi connectivity index (χ0v) is 48.9. The van der Waals surface area contributed by atoms with Crippen molar-refractivity contribution in [2.24, 2.45) is 0 Å². The fraction of sp³-hybridized carbons (Fsp3) is 0.902. The van der Waals surface area contributed by atoms with E-state index >= 15 is 0 Å².